The van der Waals surface area contributed by atoms with Crippen molar-refractivity contribution in [1.82, 2.24) is 29.8 Å². The van der Waals surface area contributed by atoms with E-state index in [2.05, 4.69) is 25.6 Å². The zero-order valence-electron chi connectivity index (χ0n) is 16.5. The largest absolute Gasteiger partial charge is 0.481 e. The lowest BCUT2D eigenvalue weighted by Gasteiger charge is -2.47. The van der Waals surface area contributed by atoms with E-state index in [4.69, 9.17) is 16.6 Å². The van der Waals surface area contributed by atoms with Gasteiger partial charge in [0.2, 0.25) is 5.82 Å². The first-order valence-electron chi connectivity index (χ1n) is 10.4. The second kappa shape index (κ2) is 6.91. The van der Waals surface area contributed by atoms with E-state index in [0.717, 1.165) is 36.6 Å². The van der Waals surface area contributed by atoms with E-state index in [1.807, 2.05) is 18.3 Å². The molecule has 10 heteroatoms. The van der Waals surface area contributed by atoms with Gasteiger partial charge in [-0.1, -0.05) is 11.6 Å². The minimum absolute atomic E-state index is 0.154. The third-order valence-corrected chi connectivity index (χ3v) is 7.00. The van der Waals surface area contributed by atoms with Gasteiger partial charge in [-0.25, -0.2) is 14.5 Å². The fraction of sp³-hybridized carbons (Fsp3) is 0.381. The number of nitrogens with one attached hydrogen (secondary N) is 2. The highest BCUT2D eigenvalue weighted by Gasteiger charge is 2.47. The van der Waals surface area contributed by atoms with Crippen LogP contribution in [0.5, 0.6) is 0 Å². The van der Waals surface area contributed by atoms with Crippen molar-refractivity contribution in [3.63, 3.8) is 0 Å². The maximum atomic E-state index is 12.1. The molecule has 7 rings (SSSR count). The van der Waals surface area contributed by atoms with Crippen LogP contribution in [0.25, 0.3) is 28.1 Å². The number of aliphatic carboxylic acids is 1. The van der Waals surface area contributed by atoms with Gasteiger partial charge in [-0.2, -0.15) is 5.10 Å². The van der Waals surface area contributed by atoms with Crippen LogP contribution in [0, 0.1) is 17.8 Å². The van der Waals surface area contributed by atoms with Gasteiger partial charge in [-0.05, 0) is 55.7 Å². The first-order valence-corrected chi connectivity index (χ1v) is 10.8. The zero-order valence-corrected chi connectivity index (χ0v) is 17.3. The molecule has 0 spiro atoms. The number of carboxylic acids is 1. The summed E-state index contributed by atoms with van der Waals surface area (Å²) in [6.45, 7) is 0. The Bertz CT molecular complexity index is 1310. The van der Waals surface area contributed by atoms with Gasteiger partial charge in [0, 0.05) is 18.4 Å². The lowest BCUT2D eigenvalue weighted by molar-refractivity contribution is -0.148. The number of anilines is 1. The molecule has 0 aromatic carbocycles. The number of carbonyl (C=O) groups is 1. The van der Waals surface area contributed by atoms with Crippen LogP contribution < -0.4 is 5.32 Å². The van der Waals surface area contributed by atoms with Crippen molar-refractivity contribution < 1.29 is 9.90 Å². The number of hydrogen-bond donors (Lipinski definition) is 3. The highest BCUT2D eigenvalue weighted by atomic mass is 35.5. The highest BCUT2D eigenvalue weighted by molar-refractivity contribution is 6.31. The zero-order chi connectivity index (χ0) is 21.1. The molecule has 9 nitrogen and oxygen atoms in total. The van der Waals surface area contributed by atoms with Crippen molar-refractivity contribution in [3.05, 3.63) is 35.6 Å². The summed E-state index contributed by atoms with van der Waals surface area (Å²) in [7, 11) is 0. The van der Waals surface area contributed by atoms with Crippen LogP contribution in [-0.2, 0) is 4.79 Å². The summed E-state index contributed by atoms with van der Waals surface area (Å²) in [5.74, 6) is 0.433. The summed E-state index contributed by atoms with van der Waals surface area (Å²) < 4.78 is 1.74. The van der Waals surface area contributed by atoms with Gasteiger partial charge < -0.3 is 10.4 Å². The van der Waals surface area contributed by atoms with Crippen molar-refractivity contribution in [2.45, 2.75) is 31.7 Å². The molecule has 0 saturated heterocycles. The predicted molar refractivity (Wildman–Crippen MR) is 115 cm³/mol. The Balaban J connectivity index is 1.46. The van der Waals surface area contributed by atoms with Gasteiger partial charge in [-0.3, -0.25) is 9.89 Å². The molecule has 3 aliphatic rings. The number of aromatic nitrogens is 6. The van der Waals surface area contributed by atoms with E-state index in [-0.39, 0.29) is 12.0 Å². The average Bonchev–Trinajstić information content (AvgIpc) is 3.41. The lowest BCUT2D eigenvalue weighted by Crippen LogP contribution is -2.51. The Morgan fingerprint density at radius 3 is 2.87 bits per heavy atom. The molecule has 0 amide bonds. The van der Waals surface area contributed by atoms with Crippen molar-refractivity contribution in [3.8, 4) is 11.5 Å². The summed E-state index contributed by atoms with van der Waals surface area (Å²) in [5.41, 5.74) is 1.94. The number of H-pyrrole nitrogens is 1. The molecule has 4 aromatic rings. The second-order valence-corrected chi connectivity index (χ2v) is 8.89. The number of hydrogen-bond acceptors (Lipinski definition) is 6. The second-order valence-electron chi connectivity index (χ2n) is 8.45. The lowest BCUT2D eigenvalue weighted by atomic mass is 9.61. The van der Waals surface area contributed by atoms with E-state index in [9.17, 15) is 9.90 Å². The highest BCUT2D eigenvalue weighted by Crippen LogP contribution is 2.46. The maximum absolute atomic E-state index is 12.1. The molecule has 0 radical (unpaired) electrons. The van der Waals surface area contributed by atoms with E-state index in [1.54, 1.807) is 16.8 Å². The average molecular weight is 438 g/mol. The summed E-state index contributed by atoms with van der Waals surface area (Å²) in [6.07, 6.45) is 7.47. The minimum Gasteiger partial charge on any atom is -0.481 e. The van der Waals surface area contributed by atoms with Crippen molar-refractivity contribution in [1.29, 1.82) is 0 Å². The van der Waals surface area contributed by atoms with Crippen LogP contribution >= 0.6 is 11.6 Å². The molecule has 2 bridgehead atoms. The molecule has 2 unspecified atom stereocenters. The first kappa shape index (κ1) is 18.6. The Hall–Kier alpha value is -3.20. The van der Waals surface area contributed by atoms with Gasteiger partial charge in [-0.15, -0.1) is 5.10 Å². The third-order valence-electron chi connectivity index (χ3n) is 6.79. The molecule has 4 heterocycles. The van der Waals surface area contributed by atoms with Crippen LogP contribution in [0.4, 0.5) is 5.82 Å². The summed E-state index contributed by atoms with van der Waals surface area (Å²) >= 11 is 6.14. The number of nitrogens with zero attached hydrogens (tertiary/aromatic N) is 5. The normalized spacial score (nSPS) is 25.3. The standard InChI is InChI=1S/C21H20ClN7O2/c22-12-8-13-17(26-27-18(13)23-9-12)20-25-19(14-2-1-7-29(14)28-20)24-16-11-5-3-10(4-6-11)15(16)21(30)31/h1-2,7-11,15-16H,3-6H2,(H,30,31)(H,23,26,27)(H,24,25,28). The Morgan fingerprint density at radius 1 is 1.26 bits per heavy atom. The Morgan fingerprint density at radius 2 is 2.06 bits per heavy atom. The Labute approximate surface area is 181 Å². The van der Waals surface area contributed by atoms with E-state index in [0.29, 0.717) is 33.9 Å². The first-order chi connectivity index (χ1) is 15.1. The fourth-order valence-electron chi connectivity index (χ4n) is 5.36. The molecular weight excluding hydrogens is 418 g/mol. The molecule has 0 aliphatic heterocycles. The number of halogens is 1. The van der Waals surface area contributed by atoms with E-state index in [1.165, 1.54) is 0 Å². The maximum Gasteiger partial charge on any atom is 0.308 e. The van der Waals surface area contributed by atoms with Gasteiger partial charge in [0.25, 0.3) is 0 Å². The van der Waals surface area contributed by atoms with E-state index >= 15 is 0 Å². The van der Waals surface area contributed by atoms with Crippen LogP contribution in [0.1, 0.15) is 25.7 Å². The van der Waals surface area contributed by atoms with Gasteiger partial charge in [0.15, 0.2) is 11.5 Å². The molecule has 3 N–H and O–H groups in total. The van der Waals surface area contributed by atoms with Crippen LogP contribution in [0.2, 0.25) is 5.02 Å². The molecule has 2 atom stereocenters. The SMILES string of the molecule is O=C(O)C1C2CCC(CC2)C1Nc1nc(-c2n[nH]c3ncc(Cl)cc23)nn2cccc12. The van der Waals surface area contributed by atoms with Gasteiger partial charge >= 0.3 is 5.97 Å². The molecule has 3 saturated carbocycles. The van der Waals surface area contributed by atoms with E-state index < -0.39 is 11.9 Å². The van der Waals surface area contributed by atoms with Crippen molar-refractivity contribution >= 4 is 39.9 Å². The molecule has 4 aromatic heterocycles. The van der Waals surface area contributed by atoms with Crippen LogP contribution in [0.3, 0.4) is 0 Å². The van der Waals surface area contributed by atoms with Gasteiger partial charge in [0.1, 0.15) is 11.2 Å². The number of carboxylic acid groups (broad SMARTS) is 1. The minimum atomic E-state index is -0.730. The molecule has 3 fully saturated rings. The number of fused-ring (bicyclic) bond motifs is 5. The topological polar surface area (TPSA) is 121 Å². The van der Waals surface area contributed by atoms with Gasteiger partial charge in [0.05, 0.1) is 16.3 Å². The monoisotopic (exact) mass is 437 g/mol. The van der Waals surface area contributed by atoms with Crippen molar-refractivity contribution in [2.24, 2.45) is 17.8 Å². The summed E-state index contributed by atoms with van der Waals surface area (Å²) in [4.78, 5) is 21.1. The Kier molecular flexibility index (Phi) is 4.14. The molecule has 31 heavy (non-hydrogen) atoms. The van der Waals surface area contributed by atoms with Crippen LogP contribution in [-0.4, -0.2) is 46.9 Å². The number of aromatic amines is 1. The predicted octanol–water partition coefficient (Wildman–Crippen LogP) is 3.62. The van der Waals surface area contributed by atoms with Crippen molar-refractivity contribution in [2.75, 3.05) is 5.32 Å². The smallest absolute Gasteiger partial charge is 0.308 e. The molecule has 158 valence electrons. The summed E-state index contributed by atoms with van der Waals surface area (Å²) in [6, 6.07) is 5.43. The molecule has 3 aliphatic carbocycles. The number of rotatable bonds is 4. The molecular formula is C21H20ClN7O2. The number of pyridine rings is 1. The fourth-order valence-corrected chi connectivity index (χ4v) is 5.52. The quantitative estimate of drug-likeness (QED) is 0.445. The summed E-state index contributed by atoms with van der Waals surface area (Å²) in [5, 5.41) is 26.5. The van der Waals surface area contributed by atoms with Crippen LogP contribution in [0.15, 0.2) is 30.6 Å². The third kappa shape index (κ3) is 2.95.